The fourth-order valence-electron chi connectivity index (χ4n) is 2.72. The lowest BCUT2D eigenvalue weighted by Gasteiger charge is -2.35. The fourth-order valence-corrected chi connectivity index (χ4v) is 2.72. The Morgan fingerprint density at radius 2 is 1.77 bits per heavy atom. The molecule has 2 rings (SSSR count). The van der Waals surface area contributed by atoms with E-state index >= 15 is 0 Å². The molecule has 1 aromatic carbocycles. The molecule has 0 aliphatic carbocycles. The van der Waals surface area contributed by atoms with E-state index in [1.165, 1.54) is 0 Å². The molecule has 0 unspecified atom stereocenters. The van der Waals surface area contributed by atoms with Gasteiger partial charge in [-0.1, -0.05) is 6.07 Å². The molecule has 22 heavy (non-hydrogen) atoms. The van der Waals surface area contributed by atoms with Crippen molar-refractivity contribution in [2.75, 3.05) is 40.4 Å². The number of rotatable bonds is 6. The summed E-state index contributed by atoms with van der Waals surface area (Å²) in [6, 6.07) is 5.12. The molecule has 1 fully saturated rings. The molecule has 1 N–H and O–H groups in total. The van der Waals surface area contributed by atoms with Gasteiger partial charge in [0.15, 0.2) is 11.5 Å². The van der Waals surface area contributed by atoms with Crippen molar-refractivity contribution < 1.29 is 18.3 Å². The Morgan fingerprint density at radius 1 is 1.14 bits per heavy atom. The predicted molar refractivity (Wildman–Crippen MR) is 84.6 cm³/mol. The van der Waals surface area contributed by atoms with Crippen molar-refractivity contribution in [2.45, 2.75) is 18.9 Å². The summed E-state index contributed by atoms with van der Waals surface area (Å²) in [6.45, 7) is 3.19. The van der Waals surface area contributed by atoms with E-state index < -0.39 is 6.43 Å². The number of benzene rings is 1. The van der Waals surface area contributed by atoms with Crippen molar-refractivity contribution in [1.29, 1.82) is 0 Å². The van der Waals surface area contributed by atoms with Gasteiger partial charge in [0.1, 0.15) is 0 Å². The zero-order valence-electron chi connectivity index (χ0n) is 12.9. The lowest BCUT2D eigenvalue weighted by molar-refractivity contribution is 0.0738. The van der Waals surface area contributed by atoms with Crippen LogP contribution in [0.3, 0.4) is 0 Å². The number of piperazine rings is 1. The number of halogens is 3. The number of nitrogens with zero attached hydrogens (tertiary/aromatic N) is 1. The van der Waals surface area contributed by atoms with Gasteiger partial charge in [-0.2, -0.15) is 0 Å². The first kappa shape index (κ1) is 18.9. The Hall–Kier alpha value is -1.11. The maximum absolute atomic E-state index is 13.0. The molecule has 0 radical (unpaired) electrons. The van der Waals surface area contributed by atoms with Crippen LogP contribution in [-0.2, 0) is 0 Å². The van der Waals surface area contributed by atoms with E-state index in [1.54, 1.807) is 26.4 Å². The molecule has 1 heterocycles. The van der Waals surface area contributed by atoms with E-state index in [-0.39, 0.29) is 24.9 Å². The summed E-state index contributed by atoms with van der Waals surface area (Å²) in [4.78, 5) is 2.10. The van der Waals surface area contributed by atoms with Crippen LogP contribution in [0.15, 0.2) is 18.2 Å². The van der Waals surface area contributed by atoms with E-state index in [0.717, 1.165) is 31.7 Å². The van der Waals surface area contributed by atoms with Gasteiger partial charge in [0.2, 0.25) is 6.43 Å². The Morgan fingerprint density at radius 3 is 2.32 bits per heavy atom. The van der Waals surface area contributed by atoms with Gasteiger partial charge >= 0.3 is 0 Å². The van der Waals surface area contributed by atoms with Crippen LogP contribution in [0.5, 0.6) is 11.5 Å². The zero-order valence-corrected chi connectivity index (χ0v) is 13.7. The molecule has 0 saturated carbocycles. The minimum atomic E-state index is -2.34. The van der Waals surface area contributed by atoms with Crippen LogP contribution in [0.4, 0.5) is 8.78 Å². The largest absolute Gasteiger partial charge is 0.493 e. The van der Waals surface area contributed by atoms with Crippen LogP contribution in [-0.4, -0.2) is 51.7 Å². The maximum Gasteiger partial charge on any atom is 0.240 e. The molecule has 1 aliphatic rings. The molecule has 1 aromatic rings. The summed E-state index contributed by atoms with van der Waals surface area (Å²) in [5.74, 6) is 1.18. The molecule has 0 bridgehead atoms. The molecular formula is C15H23ClF2N2O2. The Balaban J connectivity index is 0.00000242. The number of nitrogens with one attached hydrogen (secondary N) is 1. The smallest absolute Gasteiger partial charge is 0.240 e. The summed E-state index contributed by atoms with van der Waals surface area (Å²) in [6.07, 6.45) is -2.51. The number of alkyl halides is 2. The highest BCUT2D eigenvalue weighted by molar-refractivity contribution is 5.85. The molecule has 1 saturated heterocycles. The summed E-state index contributed by atoms with van der Waals surface area (Å²) >= 11 is 0. The van der Waals surface area contributed by atoms with Gasteiger partial charge in [-0.3, -0.25) is 4.90 Å². The quantitative estimate of drug-likeness (QED) is 0.866. The zero-order chi connectivity index (χ0) is 15.2. The molecule has 1 aliphatic heterocycles. The molecule has 0 amide bonds. The summed E-state index contributed by atoms with van der Waals surface area (Å²) in [5, 5.41) is 3.24. The monoisotopic (exact) mass is 336 g/mol. The Bertz CT molecular complexity index is 457. The first-order chi connectivity index (χ1) is 10.2. The number of hydrogen-bond donors (Lipinski definition) is 1. The molecule has 0 aromatic heterocycles. The van der Waals surface area contributed by atoms with Crippen molar-refractivity contribution in [2.24, 2.45) is 0 Å². The van der Waals surface area contributed by atoms with E-state index in [4.69, 9.17) is 9.47 Å². The average molecular weight is 337 g/mol. The highest BCUT2D eigenvalue weighted by Crippen LogP contribution is 2.34. The molecule has 7 heteroatoms. The van der Waals surface area contributed by atoms with Gasteiger partial charge in [0.25, 0.3) is 0 Å². The third kappa shape index (κ3) is 4.69. The van der Waals surface area contributed by atoms with Gasteiger partial charge in [-0.25, -0.2) is 8.78 Å². The van der Waals surface area contributed by atoms with Crippen molar-refractivity contribution in [3.8, 4) is 11.5 Å². The first-order valence-electron chi connectivity index (χ1n) is 7.10. The van der Waals surface area contributed by atoms with E-state index in [9.17, 15) is 8.78 Å². The van der Waals surface area contributed by atoms with Crippen LogP contribution in [0.1, 0.15) is 18.0 Å². The van der Waals surface area contributed by atoms with E-state index in [0.29, 0.717) is 11.5 Å². The van der Waals surface area contributed by atoms with E-state index in [2.05, 4.69) is 10.2 Å². The third-order valence-corrected chi connectivity index (χ3v) is 3.79. The van der Waals surface area contributed by atoms with Crippen LogP contribution >= 0.6 is 12.4 Å². The van der Waals surface area contributed by atoms with Crippen LogP contribution in [0.2, 0.25) is 0 Å². The second-order valence-electron chi connectivity index (χ2n) is 5.04. The lowest BCUT2D eigenvalue weighted by Crippen LogP contribution is -2.45. The number of ether oxygens (including phenoxy) is 2. The topological polar surface area (TPSA) is 33.7 Å². The van der Waals surface area contributed by atoms with Gasteiger partial charge in [0.05, 0.1) is 14.2 Å². The van der Waals surface area contributed by atoms with Gasteiger partial charge in [0, 0.05) is 38.6 Å². The number of methoxy groups -OCH3 is 2. The second-order valence-corrected chi connectivity index (χ2v) is 5.04. The summed E-state index contributed by atoms with van der Waals surface area (Å²) in [7, 11) is 3.11. The normalized spacial score (nSPS) is 17.0. The highest BCUT2D eigenvalue weighted by atomic mass is 35.5. The van der Waals surface area contributed by atoms with Gasteiger partial charge < -0.3 is 14.8 Å². The van der Waals surface area contributed by atoms with Crippen LogP contribution < -0.4 is 14.8 Å². The minimum Gasteiger partial charge on any atom is -0.493 e. The molecule has 4 nitrogen and oxygen atoms in total. The fraction of sp³-hybridized carbons (Fsp3) is 0.600. The molecular weight excluding hydrogens is 314 g/mol. The second kappa shape index (κ2) is 9.12. The molecule has 0 spiro atoms. The third-order valence-electron chi connectivity index (χ3n) is 3.79. The van der Waals surface area contributed by atoms with Crippen molar-refractivity contribution in [1.82, 2.24) is 10.2 Å². The van der Waals surface area contributed by atoms with Crippen molar-refractivity contribution >= 4 is 12.4 Å². The van der Waals surface area contributed by atoms with Crippen molar-refractivity contribution in [3.05, 3.63) is 23.8 Å². The summed E-state index contributed by atoms with van der Waals surface area (Å²) < 4.78 is 36.4. The number of hydrogen-bond acceptors (Lipinski definition) is 4. The van der Waals surface area contributed by atoms with Crippen LogP contribution in [0, 0.1) is 0 Å². The molecule has 1 atom stereocenters. The average Bonchev–Trinajstić information content (AvgIpc) is 2.52. The lowest BCUT2D eigenvalue weighted by atomic mass is 10.0. The van der Waals surface area contributed by atoms with Gasteiger partial charge in [-0.05, 0) is 17.7 Å². The van der Waals surface area contributed by atoms with Crippen LogP contribution in [0.25, 0.3) is 0 Å². The summed E-state index contributed by atoms with van der Waals surface area (Å²) in [5.41, 5.74) is 0.842. The Labute approximate surface area is 136 Å². The van der Waals surface area contributed by atoms with Crippen molar-refractivity contribution in [3.63, 3.8) is 0 Å². The highest BCUT2D eigenvalue weighted by Gasteiger charge is 2.26. The Kier molecular flexibility index (Phi) is 7.85. The molecule has 126 valence electrons. The SMILES string of the molecule is COc1ccc([C@H](CC(F)F)N2CCNCC2)cc1OC.Cl. The van der Waals surface area contributed by atoms with E-state index in [1.807, 2.05) is 6.07 Å². The maximum atomic E-state index is 13.0. The minimum absolute atomic E-state index is 0. The standard InChI is InChI=1S/C15H22F2N2O2.ClH/c1-20-13-4-3-11(9-14(13)21-2)12(10-15(16)17)19-7-5-18-6-8-19;/h3-4,9,12,15,18H,5-8,10H2,1-2H3;1H/t12-;/m0./s1. The predicted octanol–water partition coefficient (Wildman–Crippen LogP) is 2.73. The first-order valence-corrected chi connectivity index (χ1v) is 7.10. The van der Waals surface area contributed by atoms with Gasteiger partial charge in [-0.15, -0.1) is 12.4 Å².